The van der Waals surface area contributed by atoms with E-state index in [4.69, 9.17) is 28.9 Å². The second-order valence-electron chi connectivity index (χ2n) is 4.03. The van der Waals surface area contributed by atoms with Crippen molar-refractivity contribution in [3.05, 3.63) is 33.8 Å². The molecule has 1 unspecified atom stereocenters. The molecule has 2 N–H and O–H groups in total. The first-order valence-electron chi connectivity index (χ1n) is 5.07. The second-order valence-corrected chi connectivity index (χ2v) is 4.85. The predicted molar refractivity (Wildman–Crippen MR) is 71.6 cm³/mol. The maximum absolute atomic E-state index is 5.95. The molecule has 1 aromatic rings. The summed E-state index contributed by atoms with van der Waals surface area (Å²) in [6.45, 7) is 2.95. The van der Waals surface area contributed by atoms with E-state index in [-0.39, 0.29) is 12.4 Å². The zero-order valence-electron chi connectivity index (χ0n) is 8.83. The van der Waals surface area contributed by atoms with Gasteiger partial charge < -0.3 is 5.73 Å². The highest BCUT2D eigenvalue weighted by atomic mass is 35.5. The Labute approximate surface area is 112 Å². The molecule has 1 heterocycles. The summed E-state index contributed by atoms with van der Waals surface area (Å²) in [6, 6.07) is 6.11. The van der Waals surface area contributed by atoms with Crippen LogP contribution >= 0.6 is 35.6 Å². The van der Waals surface area contributed by atoms with E-state index >= 15 is 0 Å². The highest BCUT2D eigenvalue weighted by Crippen LogP contribution is 2.23. The lowest BCUT2D eigenvalue weighted by Crippen LogP contribution is -2.26. The van der Waals surface area contributed by atoms with Gasteiger partial charge in [0.05, 0.1) is 10.0 Å². The van der Waals surface area contributed by atoms with Gasteiger partial charge >= 0.3 is 0 Å². The van der Waals surface area contributed by atoms with Crippen molar-refractivity contribution in [2.75, 3.05) is 13.1 Å². The van der Waals surface area contributed by atoms with Gasteiger partial charge in [0.2, 0.25) is 0 Å². The topological polar surface area (TPSA) is 29.3 Å². The first kappa shape index (κ1) is 14.1. The Morgan fingerprint density at radius 2 is 2.06 bits per heavy atom. The lowest BCUT2D eigenvalue weighted by molar-refractivity contribution is 0.327. The van der Waals surface area contributed by atoms with Crippen LogP contribution in [0.2, 0.25) is 10.0 Å². The quantitative estimate of drug-likeness (QED) is 0.903. The van der Waals surface area contributed by atoms with Gasteiger partial charge in [0.1, 0.15) is 0 Å². The summed E-state index contributed by atoms with van der Waals surface area (Å²) in [5, 5.41) is 1.23. The fraction of sp³-hybridized carbons (Fsp3) is 0.455. The van der Waals surface area contributed by atoms with Gasteiger partial charge in [-0.1, -0.05) is 29.3 Å². The van der Waals surface area contributed by atoms with E-state index < -0.39 is 0 Å². The molecule has 0 radical (unpaired) electrons. The molecule has 2 rings (SSSR count). The molecule has 2 nitrogen and oxygen atoms in total. The van der Waals surface area contributed by atoms with Crippen molar-refractivity contribution in [1.29, 1.82) is 0 Å². The van der Waals surface area contributed by atoms with Gasteiger partial charge in [-0.15, -0.1) is 12.4 Å². The lowest BCUT2D eigenvalue weighted by atomic mass is 10.2. The van der Waals surface area contributed by atoms with Crippen molar-refractivity contribution in [1.82, 2.24) is 4.90 Å². The summed E-state index contributed by atoms with van der Waals surface area (Å²) in [5.41, 5.74) is 7.04. The van der Waals surface area contributed by atoms with Crippen molar-refractivity contribution >= 4 is 35.6 Å². The van der Waals surface area contributed by atoms with E-state index in [2.05, 4.69) is 4.90 Å². The summed E-state index contributed by atoms with van der Waals surface area (Å²) in [7, 11) is 0. The molecule has 0 aromatic heterocycles. The third kappa shape index (κ3) is 3.51. The number of hydrogen-bond donors (Lipinski definition) is 1. The summed E-state index contributed by atoms with van der Waals surface area (Å²) < 4.78 is 0. The highest BCUT2D eigenvalue weighted by molar-refractivity contribution is 6.42. The van der Waals surface area contributed by atoms with Crippen LogP contribution in [0.15, 0.2) is 18.2 Å². The molecule has 0 saturated carbocycles. The summed E-state index contributed by atoms with van der Waals surface area (Å²) in [5.74, 6) is 0. The minimum absolute atomic E-state index is 0. The van der Waals surface area contributed by atoms with Crippen LogP contribution < -0.4 is 5.73 Å². The van der Waals surface area contributed by atoms with Crippen molar-refractivity contribution in [2.45, 2.75) is 19.0 Å². The minimum atomic E-state index is 0. The molecule has 1 aliphatic heterocycles. The Kier molecular flexibility index (Phi) is 5.35. The SMILES string of the molecule is Cl.NC1CCN(Cc2ccc(Cl)c(Cl)c2)C1. The Bertz CT molecular complexity index is 357. The van der Waals surface area contributed by atoms with E-state index in [1.165, 1.54) is 5.56 Å². The largest absolute Gasteiger partial charge is 0.326 e. The van der Waals surface area contributed by atoms with E-state index in [1.54, 1.807) is 0 Å². The van der Waals surface area contributed by atoms with Crippen LogP contribution in [0, 0.1) is 0 Å². The fourth-order valence-corrected chi connectivity index (χ4v) is 2.22. The van der Waals surface area contributed by atoms with Crippen molar-refractivity contribution in [3.8, 4) is 0 Å². The standard InChI is InChI=1S/C11H14Cl2N2.ClH/c12-10-2-1-8(5-11(10)13)6-15-4-3-9(14)7-15;/h1-2,5,9H,3-4,6-7,14H2;1H. The molecule has 0 amide bonds. The number of rotatable bonds is 2. The van der Waals surface area contributed by atoms with Crippen molar-refractivity contribution < 1.29 is 0 Å². The maximum atomic E-state index is 5.95. The van der Waals surface area contributed by atoms with Crippen LogP contribution in [-0.2, 0) is 6.54 Å². The van der Waals surface area contributed by atoms with E-state index in [1.807, 2.05) is 18.2 Å². The highest BCUT2D eigenvalue weighted by Gasteiger charge is 2.18. The minimum Gasteiger partial charge on any atom is -0.326 e. The molecule has 1 aliphatic rings. The molecule has 5 heteroatoms. The molecule has 1 atom stereocenters. The number of nitrogens with zero attached hydrogens (tertiary/aromatic N) is 1. The lowest BCUT2D eigenvalue weighted by Gasteiger charge is -2.15. The first-order valence-corrected chi connectivity index (χ1v) is 5.82. The molecule has 0 spiro atoms. The molecule has 0 bridgehead atoms. The number of nitrogens with two attached hydrogens (primary N) is 1. The number of likely N-dealkylation sites (tertiary alicyclic amines) is 1. The van der Waals surface area contributed by atoms with Gasteiger partial charge in [-0.25, -0.2) is 0 Å². The van der Waals surface area contributed by atoms with Crippen LogP contribution in [-0.4, -0.2) is 24.0 Å². The third-order valence-electron chi connectivity index (χ3n) is 2.70. The summed E-state index contributed by atoms with van der Waals surface area (Å²) in [6.07, 6.45) is 1.08. The van der Waals surface area contributed by atoms with Crippen LogP contribution in [0.1, 0.15) is 12.0 Å². The maximum Gasteiger partial charge on any atom is 0.0595 e. The predicted octanol–water partition coefficient (Wildman–Crippen LogP) is 2.95. The van der Waals surface area contributed by atoms with Gasteiger partial charge in [-0.2, -0.15) is 0 Å². The first-order chi connectivity index (χ1) is 7.15. The molecular weight excluding hydrogens is 266 g/mol. The zero-order valence-corrected chi connectivity index (χ0v) is 11.2. The van der Waals surface area contributed by atoms with E-state index in [0.29, 0.717) is 16.1 Å². The fourth-order valence-electron chi connectivity index (χ4n) is 1.90. The number of hydrogen-bond acceptors (Lipinski definition) is 2. The Balaban J connectivity index is 0.00000128. The van der Waals surface area contributed by atoms with Gasteiger partial charge in [-0.05, 0) is 24.1 Å². The Hall–Kier alpha value is 0.01000. The average molecular weight is 282 g/mol. The molecule has 16 heavy (non-hydrogen) atoms. The molecule has 1 saturated heterocycles. The van der Waals surface area contributed by atoms with Gasteiger partial charge in [0.15, 0.2) is 0 Å². The average Bonchev–Trinajstić information content (AvgIpc) is 2.58. The summed E-state index contributed by atoms with van der Waals surface area (Å²) in [4.78, 5) is 2.34. The third-order valence-corrected chi connectivity index (χ3v) is 3.44. The zero-order chi connectivity index (χ0) is 10.8. The van der Waals surface area contributed by atoms with Crippen LogP contribution in [0.5, 0.6) is 0 Å². The van der Waals surface area contributed by atoms with Gasteiger partial charge in [-0.3, -0.25) is 4.90 Å². The van der Waals surface area contributed by atoms with Crippen LogP contribution in [0.4, 0.5) is 0 Å². The van der Waals surface area contributed by atoms with Crippen LogP contribution in [0.25, 0.3) is 0 Å². The normalized spacial score (nSPS) is 20.8. The van der Waals surface area contributed by atoms with E-state index in [9.17, 15) is 0 Å². The molecule has 0 aliphatic carbocycles. The van der Waals surface area contributed by atoms with Crippen molar-refractivity contribution in [3.63, 3.8) is 0 Å². The molecule has 1 fully saturated rings. The molecule has 90 valence electrons. The Morgan fingerprint density at radius 3 is 2.62 bits per heavy atom. The number of halogens is 3. The Morgan fingerprint density at radius 1 is 1.31 bits per heavy atom. The van der Waals surface area contributed by atoms with Gasteiger partial charge in [0.25, 0.3) is 0 Å². The molecule has 1 aromatic carbocycles. The second kappa shape index (κ2) is 6.08. The smallest absolute Gasteiger partial charge is 0.0595 e. The van der Waals surface area contributed by atoms with Crippen LogP contribution in [0.3, 0.4) is 0 Å². The van der Waals surface area contributed by atoms with E-state index in [0.717, 1.165) is 26.1 Å². The number of benzene rings is 1. The van der Waals surface area contributed by atoms with Crippen molar-refractivity contribution in [2.24, 2.45) is 5.73 Å². The summed E-state index contributed by atoms with van der Waals surface area (Å²) >= 11 is 11.8. The monoisotopic (exact) mass is 280 g/mol. The van der Waals surface area contributed by atoms with Gasteiger partial charge in [0, 0.05) is 25.7 Å². The molecular formula is C11H15Cl3N2.